The molecule has 0 unspecified atom stereocenters. The molecule has 0 heterocycles. The largest absolute Gasteiger partial charge is 0.392 e. The molecular weight excluding hydrogens is 138 g/mol. The van der Waals surface area contributed by atoms with Crippen LogP contribution >= 0.6 is 0 Å². The highest BCUT2D eigenvalue weighted by atomic mass is 16.3. The fourth-order valence-electron chi connectivity index (χ4n) is 2.22. The average Bonchev–Trinajstić information content (AvgIpc) is 2.72. The molecule has 11 heavy (non-hydrogen) atoms. The Bertz CT molecular complexity index is 132. The second kappa shape index (κ2) is 2.76. The Balaban J connectivity index is 1.89. The topological polar surface area (TPSA) is 46.2 Å². The molecule has 0 bridgehead atoms. The normalized spacial score (nSPS) is 50.7. The third-order valence-corrected chi connectivity index (χ3v) is 3.27. The summed E-state index contributed by atoms with van der Waals surface area (Å²) in [7, 11) is 0. The van der Waals surface area contributed by atoms with E-state index in [0.29, 0.717) is 0 Å². The highest BCUT2D eigenvalue weighted by Gasteiger charge is 2.38. The summed E-state index contributed by atoms with van der Waals surface area (Å²) in [5, 5.41) is 9.49. The van der Waals surface area contributed by atoms with Crippen molar-refractivity contribution in [3.05, 3.63) is 0 Å². The second-order valence-electron chi connectivity index (χ2n) is 4.14. The van der Waals surface area contributed by atoms with E-state index >= 15 is 0 Å². The van der Waals surface area contributed by atoms with E-state index < -0.39 is 0 Å². The van der Waals surface area contributed by atoms with Gasteiger partial charge in [0.2, 0.25) is 0 Å². The fraction of sp³-hybridized carbons (Fsp3) is 1.00. The lowest BCUT2D eigenvalue weighted by molar-refractivity contribution is 0.119. The summed E-state index contributed by atoms with van der Waals surface area (Å²) in [6.45, 7) is 0. The van der Waals surface area contributed by atoms with Crippen LogP contribution in [0.1, 0.15) is 32.1 Å². The zero-order valence-corrected chi connectivity index (χ0v) is 6.87. The van der Waals surface area contributed by atoms with Crippen LogP contribution in [-0.2, 0) is 0 Å². The van der Waals surface area contributed by atoms with Crippen molar-refractivity contribution in [2.75, 3.05) is 0 Å². The van der Waals surface area contributed by atoms with Gasteiger partial charge in [-0.05, 0) is 43.9 Å². The molecule has 2 nitrogen and oxygen atoms in total. The van der Waals surface area contributed by atoms with Crippen molar-refractivity contribution in [3.63, 3.8) is 0 Å². The summed E-state index contributed by atoms with van der Waals surface area (Å²) in [5.41, 5.74) is 5.78. The molecule has 2 saturated carbocycles. The highest BCUT2D eigenvalue weighted by molar-refractivity contribution is 4.91. The van der Waals surface area contributed by atoms with E-state index in [2.05, 4.69) is 0 Å². The van der Waals surface area contributed by atoms with Crippen molar-refractivity contribution in [2.45, 2.75) is 44.2 Å². The van der Waals surface area contributed by atoms with Crippen LogP contribution in [0.15, 0.2) is 0 Å². The van der Waals surface area contributed by atoms with Crippen LogP contribution in [0, 0.1) is 11.8 Å². The first-order chi connectivity index (χ1) is 5.27. The van der Waals surface area contributed by atoms with Gasteiger partial charge in [-0.25, -0.2) is 0 Å². The van der Waals surface area contributed by atoms with Crippen LogP contribution in [-0.4, -0.2) is 17.3 Å². The molecule has 3 N–H and O–H groups in total. The summed E-state index contributed by atoms with van der Waals surface area (Å²) in [4.78, 5) is 0. The molecule has 64 valence electrons. The molecule has 0 aromatic rings. The van der Waals surface area contributed by atoms with Gasteiger partial charge in [-0.1, -0.05) is 0 Å². The van der Waals surface area contributed by atoms with Crippen LogP contribution in [0.25, 0.3) is 0 Å². The van der Waals surface area contributed by atoms with E-state index in [1.54, 1.807) is 0 Å². The van der Waals surface area contributed by atoms with Gasteiger partial charge in [0, 0.05) is 6.04 Å². The van der Waals surface area contributed by atoms with Gasteiger partial charge in [-0.15, -0.1) is 0 Å². The molecule has 2 aliphatic carbocycles. The third kappa shape index (κ3) is 1.57. The molecule has 0 saturated heterocycles. The first kappa shape index (κ1) is 7.56. The summed E-state index contributed by atoms with van der Waals surface area (Å²) >= 11 is 0. The van der Waals surface area contributed by atoms with Crippen LogP contribution in [0.4, 0.5) is 0 Å². The molecule has 0 radical (unpaired) electrons. The van der Waals surface area contributed by atoms with E-state index in [1.807, 2.05) is 0 Å². The van der Waals surface area contributed by atoms with E-state index in [9.17, 15) is 5.11 Å². The smallest absolute Gasteiger partial charge is 0.0691 e. The molecule has 2 rings (SSSR count). The maximum atomic E-state index is 9.49. The predicted octanol–water partition coefficient (Wildman–Crippen LogP) is 0.885. The number of fused-ring (bicyclic) bond motifs is 1. The number of aliphatic hydroxyl groups is 1. The number of aliphatic hydroxyl groups excluding tert-OH is 1. The summed E-state index contributed by atoms with van der Waals surface area (Å²) in [6, 6.07) is 0.0524. The maximum absolute atomic E-state index is 9.49. The zero-order chi connectivity index (χ0) is 7.84. The fourth-order valence-corrected chi connectivity index (χ4v) is 2.22. The van der Waals surface area contributed by atoms with Crippen molar-refractivity contribution in [3.8, 4) is 0 Å². The van der Waals surface area contributed by atoms with Gasteiger partial charge in [0.1, 0.15) is 0 Å². The molecule has 0 aromatic carbocycles. The third-order valence-electron chi connectivity index (χ3n) is 3.27. The number of hydrogen-bond acceptors (Lipinski definition) is 2. The zero-order valence-electron chi connectivity index (χ0n) is 6.87. The SMILES string of the molecule is N[C@@H]1CC[C@@H]2C[C@H]2CC[C@@H]1O. The lowest BCUT2D eigenvalue weighted by Gasteiger charge is -2.20. The Kier molecular flexibility index (Phi) is 1.90. The molecule has 2 fully saturated rings. The maximum Gasteiger partial charge on any atom is 0.0691 e. The van der Waals surface area contributed by atoms with E-state index in [4.69, 9.17) is 5.73 Å². The lowest BCUT2D eigenvalue weighted by atomic mass is 9.95. The van der Waals surface area contributed by atoms with Crippen molar-refractivity contribution in [2.24, 2.45) is 17.6 Å². The minimum atomic E-state index is -0.225. The van der Waals surface area contributed by atoms with Gasteiger partial charge in [0.15, 0.2) is 0 Å². The Morgan fingerprint density at radius 3 is 2.36 bits per heavy atom. The average molecular weight is 155 g/mol. The van der Waals surface area contributed by atoms with Crippen molar-refractivity contribution >= 4 is 0 Å². The van der Waals surface area contributed by atoms with E-state index in [1.165, 1.54) is 19.3 Å². The van der Waals surface area contributed by atoms with Crippen molar-refractivity contribution in [1.82, 2.24) is 0 Å². The lowest BCUT2D eigenvalue weighted by Crippen LogP contribution is -2.35. The first-order valence-corrected chi connectivity index (χ1v) is 4.71. The standard InChI is InChI=1S/C9H17NO/c10-8-3-1-6-5-7(6)2-4-9(8)11/h6-9,11H,1-5,10H2/t6-,7-,8-,9+/m1/s1. The van der Waals surface area contributed by atoms with Crippen molar-refractivity contribution in [1.29, 1.82) is 0 Å². The predicted molar refractivity (Wildman–Crippen MR) is 44.0 cm³/mol. The Morgan fingerprint density at radius 1 is 1.00 bits per heavy atom. The first-order valence-electron chi connectivity index (χ1n) is 4.71. The second-order valence-corrected chi connectivity index (χ2v) is 4.14. The highest BCUT2D eigenvalue weighted by Crippen LogP contribution is 2.46. The van der Waals surface area contributed by atoms with E-state index in [-0.39, 0.29) is 12.1 Å². The molecule has 4 atom stereocenters. The summed E-state index contributed by atoms with van der Waals surface area (Å²) in [5.74, 6) is 1.91. The molecule has 0 spiro atoms. The van der Waals surface area contributed by atoms with E-state index in [0.717, 1.165) is 24.7 Å². The minimum absolute atomic E-state index is 0.0524. The summed E-state index contributed by atoms with van der Waals surface area (Å²) < 4.78 is 0. The van der Waals surface area contributed by atoms with Gasteiger partial charge in [-0.2, -0.15) is 0 Å². The molecular formula is C9H17NO. The Morgan fingerprint density at radius 2 is 1.64 bits per heavy atom. The molecule has 2 heteroatoms. The van der Waals surface area contributed by atoms with Gasteiger partial charge >= 0.3 is 0 Å². The van der Waals surface area contributed by atoms with Gasteiger partial charge in [0.05, 0.1) is 6.10 Å². The molecule has 0 aliphatic heterocycles. The van der Waals surface area contributed by atoms with Crippen molar-refractivity contribution < 1.29 is 5.11 Å². The van der Waals surface area contributed by atoms with Gasteiger partial charge < -0.3 is 10.8 Å². The number of rotatable bonds is 0. The summed E-state index contributed by atoms with van der Waals surface area (Å²) in [6.07, 6.45) is 5.60. The van der Waals surface area contributed by atoms with Crippen LogP contribution < -0.4 is 5.73 Å². The quantitative estimate of drug-likeness (QED) is 0.545. The minimum Gasteiger partial charge on any atom is -0.392 e. The van der Waals surface area contributed by atoms with Crippen LogP contribution in [0.2, 0.25) is 0 Å². The monoisotopic (exact) mass is 155 g/mol. The number of hydrogen-bond donors (Lipinski definition) is 2. The van der Waals surface area contributed by atoms with Crippen LogP contribution in [0.3, 0.4) is 0 Å². The molecule has 0 amide bonds. The van der Waals surface area contributed by atoms with Gasteiger partial charge in [-0.3, -0.25) is 0 Å². The number of nitrogens with two attached hydrogens (primary N) is 1. The Labute approximate surface area is 67.8 Å². The molecule has 0 aromatic heterocycles. The van der Waals surface area contributed by atoms with Crippen LogP contribution in [0.5, 0.6) is 0 Å². The molecule has 2 aliphatic rings. The van der Waals surface area contributed by atoms with Gasteiger partial charge in [0.25, 0.3) is 0 Å². The Hall–Kier alpha value is -0.0800.